The van der Waals surface area contributed by atoms with E-state index in [4.69, 9.17) is 4.74 Å². The molecule has 1 aromatic heterocycles. The maximum absolute atomic E-state index is 12.0. The topological polar surface area (TPSA) is 56.1 Å². The van der Waals surface area contributed by atoms with Crippen LogP contribution in [0.4, 0.5) is 0 Å². The molecule has 0 spiro atoms. The molecule has 2 rings (SSSR count). The number of carbonyl (C=O) groups excluding carboxylic acids is 1. The molecule has 1 N–H and O–H groups in total. The number of carbonyl (C=O) groups is 1. The fourth-order valence-electron chi connectivity index (χ4n) is 1.63. The summed E-state index contributed by atoms with van der Waals surface area (Å²) in [4.78, 5) is 16.1. The van der Waals surface area contributed by atoms with Crippen molar-refractivity contribution in [1.29, 1.82) is 0 Å². The van der Waals surface area contributed by atoms with Gasteiger partial charge in [0, 0.05) is 20.1 Å². The minimum absolute atomic E-state index is 0.00491. The monoisotopic (exact) mass is 209 g/mol. The molecule has 0 aromatic carbocycles. The number of nitrogens with one attached hydrogen (secondary N) is 1. The number of nitrogens with zero attached hydrogens (tertiary/aromatic N) is 2. The Kier molecular flexibility index (Phi) is 2.83. The Labute approximate surface area is 88.4 Å². The number of aromatic nitrogens is 2. The Bertz CT molecular complexity index is 367. The average Bonchev–Trinajstić information content (AvgIpc) is 2.60. The Morgan fingerprint density at radius 1 is 1.73 bits per heavy atom. The predicted molar refractivity (Wildman–Crippen MR) is 54.9 cm³/mol. The number of aryl methyl sites for hydroxylation is 1. The van der Waals surface area contributed by atoms with Crippen molar-refractivity contribution in [3.63, 3.8) is 0 Å². The molecule has 0 saturated carbocycles. The Balaban J connectivity index is 2.16. The zero-order valence-corrected chi connectivity index (χ0v) is 8.99. The van der Waals surface area contributed by atoms with Gasteiger partial charge in [-0.15, -0.1) is 0 Å². The SMILES string of the molecule is Cc1ncc(C(=O)C2CNCCO2)n1C. The van der Waals surface area contributed by atoms with E-state index in [-0.39, 0.29) is 11.9 Å². The van der Waals surface area contributed by atoms with E-state index in [9.17, 15) is 4.79 Å². The van der Waals surface area contributed by atoms with Crippen LogP contribution in [0.25, 0.3) is 0 Å². The molecule has 5 nitrogen and oxygen atoms in total. The van der Waals surface area contributed by atoms with E-state index in [0.29, 0.717) is 18.8 Å². The molecule has 2 heterocycles. The molecule has 1 saturated heterocycles. The number of ketones is 1. The fraction of sp³-hybridized carbons (Fsp3) is 0.600. The van der Waals surface area contributed by atoms with Crippen LogP contribution in [-0.2, 0) is 11.8 Å². The summed E-state index contributed by atoms with van der Waals surface area (Å²) in [5.41, 5.74) is 0.612. The van der Waals surface area contributed by atoms with Gasteiger partial charge in [0.05, 0.1) is 12.8 Å². The molecule has 0 amide bonds. The summed E-state index contributed by atoms with van der Waals surface area (Å²) < 4.78 is 7.20. The van der Waals surface area contributed by atoms with Crippen molar-refractivity contribution >= 4 is 5.78 Å². The molecule has 0 bridgehead atoms. The van der Waals surface area contributed by atoms with Crippen molar-refractivity contribution in [2.24, 2.45) is 7.05 Å². The molecule has 15 heavy (non-hydrogen) atoms. The summed E-state index contributed by atoms with van der Waals surface area (Å²) in [6, 6.07) is 0. The normalized spacial score (nSPS) is 21.6. The average molecular weight is 209 g/mol. The van der Waals surface area contributed by atoms with Crippen LogP contribution >= 0.6 is 0 Å². The molecule has 5 heteroatoms. The van der Waals surface area contributed by atoms with Crippen LogP contribution in [0.2, 0.25) is 0 Å². The Morgan fingerprint density at radius 2 is 2.53 bits per heavy atom. The molecule has 82 valence electrons. The molecule has 1 fully saturated rings. The standard InChI is InChI=1S/C10H15N3O2/c1-7-12-5-8(13(7)2)10(14)9-6-11-3-4-15-9/h5,9,11H,3-4,6H2,1-2H3. The summed E-state index contributed by atoms with van der Waals surface area (Å²) >= 11 is 0. The lowest BCUT2D eigenvalue weighted by molar-refractivity contribution is 0.0263. The van der Waals surface area contributed by atoms with Gasteiger partial charge in [0.2, 0.25) is 5.78 Å². The van der Waals surface area contributed by atoms with E-state index in [1.165, 1.54) is 0 Å². The molecular formula is C10H15N3O2. The second-order valence-electron chi connectivity index (χ2n) is 3.68. The lowest BCUT2D eigenvalue weighted by atomic mass is 10.1. The van der Waals surface area contributed by atoms with E-state index in [0.717, 1.165) is 12.4 Å². The summed E-state index contributed by atoms with van der Waals surface area (Å²) in [7, 11) is 1.84. The van der Waals surface area contributed by atoms with Gasteiger partial charge < -0.3 is 14.6 Å². The van der Waals surface area contributed by atoms with Crippen molar-refractivity contribution in [2.75, 3.05) is 19.7 Å². The van der Waals surface area contributed by atoms with Gasteiger partial charge in [0.1, 0.15) is 17.6 Å². The highest BCUT2D eigenvalue weighted by Crippen LogP contribution is 2.09. The molecular weight excluding hydrogens is 194 g/mol. The van der Waals surface area contributed by atoms with Crippen LogP contribution < -0.4 is 5.32 Å². The Hall–Kier alpha value is -1.20. The molecule has 0 aliphatic carbocycles. The van der Waals surface area contributed by atoms with Crippen LogP contribution in [0.1, 0.15) is 16.3 Å². The van der Waals surface area contributed by atoms with Gasteiger partial charge in [0.25, 0.3) is 0 Å². The second kappa shape index (κ2) is 4.12. The van der Waals surface area contributed by atoms with Gasteiger partial charge in [-0.3, -0.25) is 4.79 Å². The quantitative estimate of drug-likeness (QED) is 0.691. The van der Waals surface area contributed by atoms with Crippen molar-refractivity contribution in [3.05, 3.63) is 17.7 Å². The molecule has 1 aliphatic heterocycles. The van der Waals surface area contributed by atoms with E-state index in [2.05, 4.69) is 10.3 Å². The second-order valence-corrected chi connectivity index (χ2v) is 3.68. The third-order valence-corrected chi connectivity index (χ3v) is 2.69. The number of hydrogen-bond acceptors (Lipinski definition) is 4. The van der Waals surface area contributed by atoms with Crippen molar-refractivity contribution < 1.29 is 9.53 Å². The van der Waals surface area contributed by atoms with Gasteiger partial charge >= 0.3 is 0 Å². The summed E-state index contributed by atoms with van der Waals surface area (Å²) in [5.74, 6) is 0.840. The third kappa shape index (κ3) is 1.93. The van der Waals surface area contributed by atoms with Crippen LogP contribution in [-0.4, -0.2) is 41.1 Å². The maximum atomic E-state index is 12.0. The number of imidazole rings is 1. The van der Waals surface area contributed by atoms with Crippen LogP contribution in [0.15, 0.2) is 6.20 Å². The first-order valence-electron chi connectivity index (χ1n) is 5.05. The number of ether oxygens (including phenoxy) is 1. The van der Waals surface area contributed by atoms with Crippen molar-refractivity contribution in [1.82, 2.24) is 14.9 Å². The predicted octanol–water partition coefficient (Wildman–Crippen LogP) is -0.100. The van der Waals surface area contributed by atoms with Crippen molar-refractivity contribution in [2.45, 2.75) is 13.0 Å². The van der Waals surface area contributed by atoms with Gasteiger partial charge in [-0.05, 0) is 6.92 Å². The van der Waals surface area contributed by atoms with E-state index < -0.39 is 0 Å². The fourth-order valence-corrected chi connectivity index (χ4v) is 1.63. The smallest absolute Gasteiger partial charge is 0.210 e. The number of rotatable bonds is 2. The first-order chi connectivity index (χ1) is 7.20. The largest absolute Gasteiger partial charge is 0.367 e. The van der Waals surface area contributed by atoms with Gasteiger partial charge in [-0.2, -0.15) is 0 Å². The van der Waals surface area contributed by atoms with Crippen molar-refractivity contribution in [3.8, 4) is 0 Å². The number of hydrogen-bond donors (Lipinski definition) is 1. The summed E-state index contributed by atoms with van der Waals surface area (Å²) in [6.45, 7) is 3.86. The van der Waals surface area contributed by atoms with E-state index in [1.807, 2.05) is 14.0 Å². The lowest BCUT2D eigenvalue weighted by Crippen LogP contribution is -2.43. The van der Waals surface area contributed by atoms with Gasteiger partial charge in [-0.1, -0.05) is 0 Å². The number of Topliss-reactive ketones (excluding diaryl/α,β-unsaturated/α-hetero) is 1. The highest BCUT2D eigenvalue weighted by atomic mass is 16.5. The van der Waals surface area contributed by atoms with Crippen LogP contribution in [0, 0.1) is 6.92 Å². The van der Waals surface area contributed by atoms with E-state index >= 15 is 0 Å². The van der Waals surface area contributed by atoms with Crippen LogP contribution in [0.5, 0.6) is 0 Å². The minimum Gasteiger partial charge on any atom is -0.367 e. The number of morpholine rings is 1. The molecule has 1 aliphatic rings. The van der Waals surface area contributed by atoms with Gasteiger partial charge in [-0.25, -0.2) is 4.98 Å². The molecule has 0 radical (unpaired) electrons. The third-order valence-electron chi connectivity index (χ3n) is 2.69. The molecule has 1 unspecified atom stereocenters. The first kappa shape index (κ1) is 10.3. The highest BCUT2D eigenvalue weighted by molar-refractivity contribution is 5.98. The molecule has 1 aromatic rings. The summed E-state index contributed by atoms with van der Waals surface area (Å²) in [5, 5.41) is 3.14. The molecule has 1 atom stereocenters. The highest BCUT2D eigenvalue weighted by Gasteiger charge is 2.25. The van der Waals surface area contributed by atoms with Gasteiger partial charge in [0.15, 0.2) is 0 Å². The lowest BCUT2D eigenvalue weighted by Gasteiger charge is -2.22. The first-order valence-corrected chi connectivity index (χ1v) is 5.05. The maximum Gasteiger partial charge on any atom is 0.210 e. The zero-order chi connectivity index (χ0) is 10.8. The zero-order valence-electron chi connectivity index (χ0n) is 8.99. The summed E-state index contributed by atoms with van der Waals surface area (Å²) in [6.07, 6.45) is 1.24. The van der Waals surface area contributed by atoms with E-state index in [1.54, 1.807) is 10.8 Å². The Morgan fingerprint density at radius 3 is 3.07 bits per heavy atom. The minimum atomic E-state index is -0.367. The van der Waals surface area contributed by atoms with Crippen LogP contribution in [0.3, 0.4) is 0 Å².